The summed E-state index contributed by atoms with van der Waals surface area (Å²) in [4.78, 5) is 0. The van der Waals surface area contributed by atoms with Gasteiger partial charge in [-0.15, -0.1) is 0 Å². The van der Waals surface area contributed by atoms with Gasteiger partial charge >= 0.3 is 0 Å². The minimum Gasteiger partial charge on any atom is -0.391 e. The van der Waals surface area contributed by atoms with Gasteiger partial charge in [0.25, 0.3) is 0 Å². The average molecular weight is 230 g/mol. The number of unbranched alkanes of at least 4 members (excludes halogenated alkanes) is 7. The van der Waals surface area contributed by atoms with E-state index in [1.54, 1.807) is 0 Å². The molecule has 0 amide bonds. The Hall–Kier alpha value is -0.0800. The molecule has 0 radical (unpaired) electrons. The van der Waals surface area contributed by atoms with Crippen molar-refractivity contribution in [2.24, 2.45) is 0 Å². The van der Waals surface area contributed by atoms with Crippen LogP contribution in [0.2, 0.25) is 0 Å². The molecule has 2 nitrogen and oxygen atoms in total. The van der Waals surface area contributed by atoms with Crippen molar-refractivity contribution in [3.05, 3.63) is 0 Å². The first-order valence-electron chi connectivity index (χ1n) is 7.07. The van der Waals surface area contributed by atoms with Crippen LogP contribution in [0.5, 0.6) is 0 Å². The maximum Gasteiger partial charge on any atom is 0.0771 e. The molecule has 0 saturated carbocycles. The number of aliphatic hydroxyl groups excluding tert-OH is 1. The van der Waals surface area contributed by atoms with Gasteiger partial charge in [0.05, 0.1) is 12.7 Å². The maximum absolute atomic E-state index is 9.26. The summed E-state index contributed by atoms with van der Waals surface area (Å²) in [6.07, 6.45) is 11.1. The highest BCUT2D eigenvalue weighted by Crippen LogP contribution is 2.08. The summed E-state index contributed by atoms with van der Waals surface area (Å²) in [7, 11) is 0. The fraction of sp³-hybridized carbons (Fsp3) is 1.00. The Morgan fingerprint density at radius 1 is 0.875 bits per heavy atom. The molecule has 0 aromatic carbocycles. The van der Waals surface area contributed by atoms with Gasteiger partial charge in [-0.25, -0.2) is 0 Å². The minimum atomic E-state index is -0.269. The zero-order valence-electron chi connectivity index (χ0n) is 11.2. The Morgan fingerprint density at radius 3 is 2.00 bits per heavy atom. The van der Waals surface area contributed by atoms with Crippen molar-refractivity contribution in [3.63, 3.8) is 0 Å². The molecule has 0 fully saturated rings. The Bertz CT molecular complexity index is 126. The third kappa shape index (κ3) is 12.0. The van der Waals surface area contributed by atoms with Crippen LogP contribution in [-0.2, 0) is 4.74 Å². The quantitative estimate of drug-likeness (QED) is 0.515. The molecule has 1 N–H and O–H groups in total. The third-order valence-electron chi connectivity index (χ3n) is 2.92. The van der Waals surface area contributed by atoms with Gasteiger partial charge in [-0.05, 0) is 12.8 Å². The SMILES string of the molecule is CCCCCCCCCCOCC(O)CC. The predicted molar refractivity (Wildman–Crippen MR) is 69.7 cm³/mol. The van der Waals surface area contributed by atoms with Crippen LogP contribution in [-0.4, -0.2) is 24.4 Å². The summed E-state index contributed by atoms with van der Waals surface area (Å²) in [6, 6.07) is 0. The Kier molecular flexibility index (Phi) is 12.9. The number of hydrogen-bond acceptors (Lipinski definition) is 2. The first-order valence-corrected chi connectivity index (χ1v) is 7.07. The molecule has 2 heteroatoms. The van der Waals surface area contributed by atoms with E-state index in [4.69, 9.17) is 4.74 Å². The highest BCUT2D eigenvalue weighted by molar-refractivity contribution is 4.49. The van der Waals surface area contributed by atoms with E-state index in [0.717, 1.165) is 19.4 Å². The Balaban J connectivity index is 2.93. The van der Waals surface area contributed by atoms with E-state index >= 15 is 0 Å². The Morgan fingerprint density at radius 2 is 1.44 bits per heavy atom. The van der Waals surface area contributed by atoms with Crippen LogP contribution in [0.3, 0.4) is 0 Å². The van der Waals surface area contributed by atoms with Crippen molar-refractivity contribution in [2.75, 3.05) is 13.2 Å². The van der Waals surface area contributed by atoms with Crippen LogP contribution in [0.4, 0.5) is 0 Å². The smallest absolute Gasteiger partial charge is 0.0771 e. The highest BCUT2D eigenvalue weighted by Gasteiger charge is 1.99. The lowest BCUT2D eigenvalue weighted by molar-refractivity contribution is 0.0335. The molecule has 1 atom stereocenters. The van der Waals surface area contributed by atoms with E-state index in [9.17, 15) is 5.11 Å². The van der Waals surface area contributed by atoms with Crippen LogP contribution in [0, 0.1) is 0 Å². The summed E-state index contributed by atoms with van der Waals surface area (Å²) in [5, 5.41) is 9.26. The maximum atomic E-state index is 9.26. The molecule has 0 aliphatic carbocycles. The molecular formula is C14H30O2. The third-order valence-corrected chi connectivity index (χ3v) is 2.92. The second-order valence-electron chi connectivity index (χ2n) is 4.61. The van der Waals surface area contributed by atoms with Crippen molar-refractivity contribution in [3.8, 4) is 0 Å². The lowest BCUT2D eigenvalue weighted by Gasteiger charge is -2.08. The van der Waals surface area contributed by atoms with Crippen molar-refractivity contribution >= 4 is 0 Å². The molecule has 0 saturated heterocycles. The number of ether oxygens (including phenoxy) is 1. The van der Waals surface area contributed by atoms with Crippen LogP contribution in [0.25, 0.3) is 0 Å². The number of hydrogen-bond donors (Lipinski definition) is 1. The van der Waals surface area contributed by atoms with Gasteiger partial charge in [0.1, 0.15) is 0 Å². The molecule has 0 rings (SSSR count). The molecule has 0 spiro atoms. The van der Waals surface area contributed by atoms with Crippen LogP contribution < -0.4 is 0 Å². The summed E-state index contributed by atoms with van der Waals surface area (Å²) >= 11 is 0. The monoisotopic (exact) mass is 230 g/mol. The van der Waals surface area contributed by atoms with Gasteiger partial charge in [-0.1, -0.05) is 58.8 Å². The van der Waals surface area contributed by atoms with Crippen LogP contribution in [0.1, 0.15) is 71.6 Å². The molecule has 98 valence electrons. The van der Waals surface area contributed by atoms with Crippen LogP contribution in [0.15, 0.2) is 0 Å². The molecule has 1 unspecified atom stereocenters. The standard InChI is InChI=1S/C14H30O2/c1-3-5-6-7-8-9-10-11-12-16-13-14(15)4-2/h14-15H,3-13H2,1-2H3. The van der Waals surface area contributed by atoms with Gasteiger partial charge in [-0.2, -0.15) is 0 Å². The first kappa shape index (κ1) is 15.9. The van der Waals surface area contributed by atoms with Crippen molar-refractivity contribution in [2.45, 2.75) is 77.7 Å². The summed E-state index contributed by atoms with van der Waals surface area (Å²) in [6.45, 7) is 5.55. The molecule has 0 aliphatic rings. The van der Waals surface area contributed by atoms with Gasteiger partial charge in [0, 0.05) is 6.61 Å². The molecule has 0 bridgehead atoms. The molecule has 0 aliphatic heterocycles. The fourth-order valence-corrected chi connectivity index (χ4v) is 1.68. The van der Waals surface area contributed by atoms with E-state index < -0.39 is 0 Å². The second-order valence-corrected chi connectivity index (χ2v) is 4.61. The summed E-state index contributed by atoms with van der Waals surface area (Å²) in [5.41, 5.74) is 0. The zero-order valence-corrected chi connectivity index (χ0v) is 11.2. The normalized spacial score (nSPS) is 12.9. The largest absolute Gasteiger partial charge is 0.391 e. The van der Waals surface area contributed by atoms with E-state index in [1.165, 1.54) is 44.9 Å². The molecule has 0 aromatic heterocycles. The van der Waals surface area contributed by atoms with Gasteiger partial charge < -0.3 is 9.84 Å². The average Bonchev–Trinajstić information content (AvgIpc) is 2.31. The predicted octanol–water partition coefficient (Wildman–Crippen LogP) is 3.91. The highest BCUT2D eigenvalue weighted by atomic mass is 16.5. The van der Waals surface area contributed by atoms with Gasteiger partial charge in [0.15, 0.2) is 0 Å². The summed E-state index contributed by atoms with van der Waals surface area (Å²) in [5.74, 6) is 0. The van der Waals surface area contributed by atoms with E-state index in [-0.39, 0.29) is 6.10 Å². The Labute approximate surface area is 101 Å². The zero-order chi connectivity index (χ0) is 12.1. The first-order chi connectivity index (χ1) is 7.81. The van der Waals surface area contributed by atoms with Crippen LogP contribution >= 0.6 is 0 Å². The van der Waals surface area contributed by atoms with E-state index in [0.29, 0.717) is 6.61 Å². The lowest BCUT2D eigenvalue weighted by Crippen LogP contribution is -2.14. The molecule has 0 aromatic rings. The summed E-state index contributed by atoms with van der Waals surface area (Å²) < 4.78 is 5.38. The van der Waals surface area contributed by atoms with Crippen molar-refractivity contribution in [1.29, 1.82) is 0 Å². The van der Waals surface area contributed by atoms with Gasteiger partial charge in [-0.3, -0.25) is 0 Å². The molecule has 0 heterocycles. The second kappa shape index (κ2) is 13.0. The van der Waals surface area contributed by atoms with E-state index in [2.05, 4.69) is 6.92 Å². The van der Waals surface area contributed by atoms with Gasteiger partial charge in [0.2, 0.25) is 0 Å². The molecular weight excluding hydrogens is 200 g/mol. The van der Waals surface area contributed by atoms with E-state index in [1.807, 2.05) is 6.92 Å². The topological polar surface area (TPSA) is 29.5 Å². The molecule has 16 heavy (non-hydrogen) atoms. The van der Waals surface area contributed by atoms with Crippen molar-refractivity contribution < 1.29 is 9.84 Å². The number of aliphatic hydroxyl groups is 1. The van der Waals surface area contributed by atoms with Crippen molar-refractivity contribution in [1.82, 2.24) is 0 Å². The fourth-order valence-electron chi connectivity index (χ4n) is 1.68. The lowest BCUT2D eigenvalue weighted by atomic mass is 10.1. The minimum absolute atomic E-state index is 0.269. The number of rotatable bonds is 12.